The number of hydrogen-bond acceptors (Lipinski definition) is 4. The zero-order valence-electron chi connectivity index (χ0n) is 14.1. The Morgan fingerprint density at radius 3 is 2.50 bits per heavy atom. The number of carbonyl (C=O) groups excluding carboxylic acids is 2. The maximum absolute atomic E-state index is 12.1. The van der Waals surface area contributed by atoms with Crippen LogP contribution in [0.25, 0.3) is 0 Å². The second-order valence-electron chi connectivity index (χ2n) is 6.16. The molecule has 1 fully saturated rings. The summed E-state index contributed by atoms with van der Waals surface area (Å²) >= 11 is 0. The molecule has 1 aromatic carbocycles. The van der Waals surface area contributed by atoms with Crippen LogP contribution in [0, 0.1) is 5.92 Å². The Morgan fingerprint density at radius 1 is 1.21 bits per heavy atom. The Kier molecular flexibility index (Phi) is 8.97. The third-order valence-electron chi connectivity index (χ3n) is 4.26. The minimum Gasteiger partial charge on any atom is -0.391 e. The predicted octanol–water partition coefficient (Wildman–Crippen LogP) is 1.72. The lowest BCUT2D eigenvalue weighted by Crippen LogP contribution is -2.34. The van der Waals surface area contributed by atoms with Gasteiger partial charge in [-0.3, -0.25) is 9.59 Å². The fourth-order valence-corrected chi connectivity index (χ4v) is 2.78. The number of hydrogen-bond donors (Lipinski definition) is 3. The molecule has 2 atom stereocenters. The number of rotatable bonds is 8. The van der Waals surface area contributed by atoms with Gasteiger partial charge >= 0.3 is 0 Å². The van der Waals surface area contributed by atoms with Gasteiger partial charge in [0.25, 0.3) is 0 Å². The Labute approximate surface area is 149 Å². The molecule has 1 aliphatic heterocycles. The molecule has 0 aliphatic carbocycles. The summed E-state index contributed by atoms with van der Waals surface area (Å²) in [7, 11) is 0. The first kappa shape index (κ1) is 20.6. The van der Waals surface area contributed by atoms with Crippen molar-refractivity contribution >= 4 is 24.1 Å². The molecule has 134 valence electrons. The van der Waals surface area contributed by atoms with Gasteiger partial charge in [-0.1, -0.05) is 37.6 Å². The lowest BCUT2D eigenvalue weighted by atomic mass is 10.0. The second-order valence-corrected chi connectivity index (χ2v) is 6.16. The maximum Gasteiger partial charge on any atom is 0.220 e. The van der Waals surface area contributed by atoms with Gasteiger partial charge in [0.1, 0.15) is 0 Å². The van der Waals surface area contributed by atoms with E-state index in [1.165, 1.54) is 5.56 Å². The van der Waals surface area contributed by atoms with Crippen molar-refractivity contribution < 1.29 is 14.7 Å². The maximum atomic E-state index is 12.1. The van der Waals surface area contributed by atoms with Crippen molar-refractivity contribution in [3.05, 3.63) is 35.4 Å². The average Bonchev–Trinajstić information content (AvgIpc) is 2.97. The van der Waals surface area contributed by atoms with E-state index in [2.05, 4.69) is 17.6 Å². The molecular formula is C18H27ClN2O3. The summed E-state index contributed by atoms with van der Waals surface area (Å²) in [6.07, 6.45) is 2.09. The van der Waals surface area contributed by atoms with Crippen molar-refractivity contribution in [3.8, 4) is 0 Å². The molecule has 0 bridgehead atoms. The van der Waals surface area contributed by atoms with E-state index in [0.29, 0.717) is 25.2 Å². The zero-order valence-corrected chi connectivity index (χ0v) is 14.9. The van der Waals surface area contributed by atoms with Crippen LogP contribution in [0.4, 0.5) is 0 Å². The standard InChI is InChI=1S/C18H26N2O3.ClH/c1-2-3-13-4-6-14(7-5-13)16(21)8-9-18(23)20-11-15-10-19-12-17(15)22;/h4-7,15,17,19,22H,2-3,8-12H2,1H3,(H,20,23);1H. The minimum atomic E-state index is -0.404. The van der Waals surface area contributed by atoms with E-state index in [4.69, 9.17) is 0 Å². The molecule has 0 aromatic heterocycles. The topological polar surface area (TPSA) is 78.4 Å². The highest BCUT2D eigenvalue weighted by atomic mass is 35.5. The van der Waals surface area contributed by atoms with Crippen LogP contribution in [0.2, 0.25) is 0 Å². The molecular weight excluding hydrogens is 328 g/mol. The summed E-state index contributed by atoms with van der Waals surface area (Å²) < 4.78 is 0. The van der Waals surface area contributed by atoms with Crippen molar-refractivity contribution in [2.24, 2.45) is 5.92 Å². The number of halogens is 1. The van der Waals surface area contributed by atoms with Crippen LogP contribution in [0.3, 0.4) is 0 Å². The van der Waals surface area contributed by atoms with Crippen molar-refractivity contribution in [1.29, 1.82) is 0 Å². The number of Topliss-reactive ketones (excluding diaryl/α,β-unsaturated/α-hetero) is 1. The first-order valence-electron chi connectivity index (χ1n) is 8.37. The van der Waals surface area contributed by atoms with Crippen LogP contribution in [0.5, 0.6) is 0 Å². The molecule has 1 aliphatic rings. The van der Waals surface area contributed by atoms with Crippen LogP contribution in [-0.2, 0) is 11.2 Å². The molecule has 1 saturated heterocycles. The van der Waals surface area contributed by atoms with Crippen molar-refractivity contribution in [1.82, 2.24) is 10.6 Å². The van der Waals surface area contributed by atoms with E-state index in [0.717, 1.165) is 12.8 Å². The number of amides is 1. The van der Waals surface area contributed by atoms with Gasteiger partial charge in [0.2, 0.25) is 5.91 Å². The van der Waals surface area contributed by atoms with Gasteiger partial charge in [0.05, 0.1) is 6.10 Å². The van der Waals surface area contributed by atoms with Crippen LogP contribution in [0.15, 0.2) is 24.3 Å². The summed E-state index contributed by atoms with van der Waals surface area (Å²) in [6.45, 7) is 3.86. The Bertz CT molecular complexity index is 534. The number of nitrogens with one attached hydrogen (secondary N) is 2. The van der Waals surface area contributed by atoms with Gasteiger partial charge in [-0.15, -0.1) is 12.4 Å². The van der Waals surface area contributed by atoms with Gasteiger partial charge in [-0.25, -0.2) is 0 Å². The number of aryl methyl sites for hydroxylation is 1. The highest BCUT2D eigenvalue weighted by Gasteiger charge is 2.24. The molecule has 1 amide bonds. The quantitative estimate of drug-likeness (QED) is 0.621. The number of aliphatic hydroxyl groups is 1. The fraction of sp³-hybridized carbons (Fsp3) is 0.556. The van der Waals surface area contributed by atoms with E-state index < -0.39 is 6.10 Å². The van der Waals surface area contributed by atoms with Gasteiger partial charge in [-0.05, 0) is 12.0 Å². The van der Waals surface area contributed by atoms with Crippen LogP contribution < -0.4 is 10.6 Å². The van der Waals surface area contributed by atoms with E-state index >= 15 is 0 Å². The molecule has 0 spiro atoms. The van der Waals surface area contributed by atoms with Crippen LogP contribution >= 0.6 is 12.4 Å². The van der Waals surface area contributed by atoms with Crippen molar-refractivity contribution in [2.45, 2.75) is 38.7 Å². The summed E-state index contributed by atoms with van der Waals surface area (Å²) in [5, 5.41) is 15.5. The minimum absolute atomic E-state index is 0. The zero-order chi connectivity index (χ0) is 16.7. The number of ketones is 1. The molecule has 0 saturated carbocycles. The summed E-state index contributed by atoms with van der Waals surface area (Å²) in [4.78, 5) is 23.9. The lowest BCUT2D eigenvalue weighted by molar-refractivity contribution is -0.121. The number of benzene rings is 1. The summed E-state index contributed by atoms with van der Waals surface area (Å²) in [5.41, 5.74) is 1.89. The molecule has 0 radical (unpaired) electrons. The number of carbonyl (C=O) groups is 2. The van der Waals surface area contributed by atoms with Crippen molar-refractivity contribution in [2.75, 3.05) is 19.6 Å². The summed E-state index contributed by atoms with van der Waals surface area (Å²) in [6, 6.07) is 7.63. The first-order valence-corrected chi connectivity index (χ1v) is 8.37. The molecule has 1 aromatic rings. The van der Waals surface area contributed by atoms with E-state index in [9.17, 15) is 14.7 Å². The van der Waals surface area contributed by atoms with Gasteiger partial charge in [-0.2, -0.15) is 0 Å². The van der Waals surface area contributed by atoms with E-state index in [-0.39, 0.29) is 42.9 Å². The highest BCUT2D eigenvalue weighted by Crippen LogP contribution is 2.10. The molecule has 24 heavy (non-hydrogen) atoms. The molecule has 5 nitrogen and oxygen atoms in total. The normalized spacial score (nSPS) is 19.6. The predicted molar refractivity (Wildman–Crippen MR) is 96.6 cm³/mol. The molecule has 3 N–H and O–H groups in total. The number of β-amino-alcohol motifs (C(OH)–C–C–N with tert-alkyl or cyclic N) is 1. The van der Waals surface area contributed by atoms with Gasteiger partial charge in [0.15, 0.2) is 5.78 Å². The molecule has 6 heteroatoms. The third-order valence-corrected chi connectivity index (χ3v) is 4.26. The SMILES string of the molecule is CCCc1ccc(C(=O)CCC(=O)NCC2CNCC2O)cc1.Cl. The molecule has 1 heterocycles. The first-order chi connectivity index (χ1) is 11.1. The number of aliphatic hydroxyl groups excluding tert-OH is 1. The third kappa shape index (κ3) is 6.23. The molecule has 2 unspecified atom stereocenters. The summed E-state index contributed by atoms with van der Waals surface area (Å²) in [5.74, 6) is -0.0911. The molecule has 2 rings (SSSR count). The Morgan fingerprint density at radius 2 is 1.92 bits per heavy atom. The second kappa shape index (κ2) is 10.4. The van der Waals surface area contributed by atoms with Crippen LogP contribution in [0.1, 0.15) is 42.1 Å². The lowest BCUT2D eigenvalue weighted by Gasteiger charge is -2.13. The van der Waals surface area contributed by atoms with Gasteiger partial charge in [0, 0.05) is 44.0 Å². The van der Waals surface area contributed by atoms with Crippen LogP contribution in [-0.4, -0.2) is 42.5 Å². The van der Waals surface area contributed by atoms with E-state index in [1.807, 2.05) is 24.3 Å². The average molecular weight is 355 g/mol. The monoisotopic (exact) mass is 354 g/mol. The fourth-order valence-electron chi connectivity index (χ4n) is 2.78. The van der Waals surface area contributed by atoms with Gasteiger partial charge < -0.3 is 15.7 Å². The largest absolute Gasteiger partial charge is 0.391 e. The van der Waals surface area contributed by atoms with E-state index in [1.54, 1.807) is 0 Å². The Balaban J connectivity index is 0.00000288. The Hall–Kier alpha value is -1.43. The van der Waals surface area contributed by atoms with Crippen molar-refractivity contribution in [3.63, 3.8) is 0 Å². The smallest absolute Gasteiger partial charge is 0.220 e. The highest BCUT2D eigenvalue weighted by molar-refractivity contribution is 5.97.